The van der Waals surface area contributed by atoms with Crippen molar-refractivity contribution in [1.82, 2.24) is 20.1 Å². The monoisotopic (exact) mass is 618 g/mol. The third-order valence-corrected chi connectivity index (χ3v) is 8.41. The first-order chi connectivity index (χ1) is 20.5. The molecule has 1 fully saturated rings. The van der Waals surface area contributed by atoms with E-state index < -0.39 is 11.9 Å². The van der Waals surface area contributed by atoms with Gasteiger partial charge in [0, 0.05) is 28.9 Å². The predicted molar refractivity (Wildman–Crippen MR) is 173 cm³/mol. The number of nitrogens with zero attached hydrogens (tertiary/aromatic N) is 3. The van der Waals surface area contributed by atoms with Crippen LogP contribution in [0.1, 0.15) is 66.7 Å². The zero-order chi connectivity index (χ0) is 30.7. The van der Waals surface area contributed by atoms with Crippen molar-refractivity contribution in [2.24, 2.45) is 5.92 Å². The summed E-state index contributed by atoms with van der Waals surface area (Å²) in [5, 5.41) is 14.5. The first-order valence-corrected chi connectivity index (χ1v) is 15.2. The summed E-state index contributed by atoms with van der Waals surface area (Å²) < 4.78 is 1.74. The minimum atomic E-state index is -0.428. The summed E-state index contributed by atoms with van der Waals surface area (Å²) in [4.78, 5) is 31.3. The molecule has 1 saturated heterocycles. The Bertz CT molecular complexity index is 1620. The maximum absolute atomic E-state index is 13.9. The van der Waals surface area contributed by atoms with E-state index in [9.17, 15) is 9.59 Å². The number of pyridine rings is 1. The van der Waals surface area contributed by atoms with Crippen LogP contribution in [-0.2, 0) is 5.41 Å². The number of aryl methyl sites for hydroxylation is 1. The molecule has 43 heavy (non-hydrogen) atoms. The molecule has 0 radical (unpaired) electrons. The van der Waals surface area contributed by atoms with E-state index in [4.69, 9.17) is 28.3 Å². The number of halogens is 2. The molecule has 1 aliphatic heterocycles. The summed E-state index contributed by atoms with van der Waals surface area (Å²) in [6, 6.07) is 18.5. The van der Waals surface area contributed by atoms with Gasteiger partial charge in [-0.3, -0.25) is 10.1 Å². The molecule has 1 aliphatic rings. The fourth-order valence-electron chi connectivity index (χ4n) is 5.36. The Balaban J connectivity index is 1.41. The zero-order valence-electron chi connectivity index (χ0n) is 24.7. The van der Waals surface area contributed by atoms with Crippen LogP contribution in [0, 0.1) is 12.8 Å². The van der Waals surface area contributed by atoms with E-state index in [1.807, 2.05) is 61.5 Å². The molecule has 0 aliphatic carbocycles. The molecule has 0 bridgehead atoms. The van der Waals surface area contributed by atoms with Crippen LogP contribution in [0.15, 0.2) is 66.9 Å². The summed E-state index contributed by atoms with van der Waals surface area (Å²) in [6.45, 7) is 9.94. The van der Waals surface area contributed by atoms with E-state index in [-0.39, 0.29) is 27.3 Å². The number of carbonyl (C=O) groups is 2. The van der Waals surface area contributed by atoms with Gasteiger partial charge in [0.1, 0.15) is 11.0 Å². The smallest absolute Gasteiger partial charge is 0.317 e. The molecule has 3 heterocycles. The van der Waals surface area contributed by atoms with E-state index in [0.717, 1.165) is 48.4 Å². The second kappa shape index (κ2) is 12.9. The first-order valence-electron chi connectivity index (χ1n) is 14.4. The molecule has 2 aromatic heterocycles. The van der Waals surface area contributed by atoms with Crippen LogP contribution < -0.4 is 16.0 Å². The molecule has 1 atom stereocenters. The maximum atomic E-state index is 13.9. The molecule has 3 N–H and O–H groups in total. The number of urea groups is 1. The van der Waals surface area contributed by atoms with Crippen LogP contribution in [0.5, 0.6) is 0 Å². The summed E-state index contributed by atoms with van der Waals surface area (Å²) in [5.41, 5.74) is 4.43. The number of piperidine rings is 1. The van der Waals surface area contributed by atoms with Crippen LogP contribution in [0.2, 0.25) is 10.2 Å². The summed E-state index contributed by atoms with van der Waals surface area (Å²) in [7, 11) is 0. The van der Waals surface area contributed by atoms with Gasteiger partial charge in [-0.2, -0.15) is 5.10 Å². The highest BCUT2D eigenvalue weighted by Crippen LogP contribution is 2.36. The standard InChI is InChI=1S/C33H36Cl2N6O2/c1-20-8-10-25(11-9-20)41-28(18-27(40-41)33(2,3)4)39-32(43)38-24-7-5-6-22(16-24)29(21-12-14-36-15-13-21)30(42)23-17-26(34)31(35)37-19-23/h5-11,16-19,21,29,36H,12-15H2,1-4H3,(H2,38,39,43). The molecule has 2 amide bonds. The highest BCUT2D eigenvalue weighted by atomic mass is 35.5. The number of carbonyl (C=O) groups excluding carboxylic acids is 2. The minimum Gasteiger partial charge on any atom is -0.317 e. The zero-order valence-corrected chi connectivity index (χ0v) is 26.3. The van der Waals surface area contributed by atoms with Crippen molar-refractivity contribution in [3.8, 4) is 5.69 Å². The molecule has 5 rings (SSSR count). The lowest BCUT2D eigenvalue weighted by Gasteiger charge is -2.30. The van der Waals surface area contributed by atoms with Crippen LogP contribution >= 0.6 is 23.2 Å². The Kier molecular flexibility index (Phi) is 9.20. The Morgan fingerprint density at radius 1 is 1.00 bits per heavy atom. The number of benzene rings is 2. The van der Waals surface area contributed by atoms with Gasteiger partial charge in [0.2, 0.25) is 0 Å². The van der Waals surface area contributed by atoms with Gasteiger partial charge in [0.05, 0.1) is 22.3 Å². The van der Waals surface area contributed by atoms with Gasteiger partial charge in [-0.25, -0.2) is 14.5 Å². The van der Waals surface area contributed by atoms with Crippen molar-refractivity contribution in [2.75, 3.05) is 23.7 Å². The minimum absolute atomic E-state index is 0.0729. The van der Waals surface area contributed by atoms with E-state index in [1.54, 1.807) is 10.7 Å². The fraction of sp³-hybridized carbons (Fsp3) is 0.333. The van der Waals surface area contributed by atoms with E-state index >= 15 is 0 Å². The Morgan fingerprint density at radius 3 is 2.40 bits per heavy atom. The van der Waals surface area contributed by atoms with Gasteiger partial charge >= 0.3 is 6.03 Å². The van der Waals surface area contributed by atoms with Crippen molar-refractivity contribution in [3.05, 3.63) is 99.4 Å². The van der Waals surface area contributed by atoms with Crippen LogP contribution in [0.4, 0.5) is 16.3 Å². The van der Waals surface area contributed by atoms with Crippen molar-refractivity contribution >= 4 is 46.5 Å². The summed E-state index contributed by atoms with van der Waals surface area (Å²) >= 11 is 12.2. The fourth-order valence-corrected chi connectivity index (χ4v) is 5.63. The molecule has 4 aromatic rings. The molecular formula is C33H36Cl2N6O2. The normalized spacial score (nSPS) is 14.7. The average molecular weight is 620 g/mol. The Labute approximate surface area is 262 Å². The SMILES string of the molecule is Cc1ccc(-n2nc(C(C)(C)C)cc2NC(=O)Nc2cccc(C(C(=O)c3cnc(Cl)c(Cl)c3)C3CCNCC3)c2)cc1. The van der Waals surface area contributed by atoms with Crippen LogP contribution in [0.25, 0.3) is 5.69 Å². The number of anilines is 2. The Morgan fingerprint density at radius 2 is 1.72 bits per heavy atom. The molecule has 224 valence electrons. The van der Waals surface area contributed by atoms with Gasteiger partial charge in [-0.1, -0.05) is 73.8 Å². The highest BCUT2D eigenvalue weighted by Gasteiger charge is 2.32. The molecule has 1 unspecified atom stereocenters. The van der Waals surface area contributed by atoms with Crippen LogP contribution in [0.3, 0.4) is 0 Å². The van der Waals surface area contributed by atoms with Crippen LogP contribution in [-0.4, -0.2) is 39.7 Å². The number of aromatic nitrogens is 3. The molecule has 0 spiro atoms. The van der Waals surface area contributed by atoms with Crippen molar-refractivity contribution in [3.63, 3.8) is 0 Å². The summed E-state index contributed by atoms with van der Waals surface area (Å²) in [6.07, 6.45) is 3.17. The van der Waals surface area contributed by atoms with Crippen molar-refractivity contribution in [1.29, 1.82) is 0 Å². The molecule has 10 heteroatoms. The number of amides is 2. The first kappa shape index (κ1) is 30.7. The second-order valence-corrected chi connectivity index (χ2v) is 12.8. The van der Waals surface area contributed by atoms with Gasteiger partial charge < -0.3 is 10.6 Å². The van der Waals surface area contributed by atoms with Crippen molar-refractivity contribution in [2.45, 2.75) is 51.9 Å². The molecular weight excluding hydrogens is 583 g/mol. The lowest BCUT2D eigenvalue weighted by atomic mass is 9.76. The highest BCUT2D eigenvalue weighted by molar-refractivity contribution is 6.41. The van der Waals surface area contributed by atoms with Crippen molar-refractivity contribution < 1.29 is 9.59 Å². The lowest BCUT2D eigenvalue weighted by Crippen LogP contribution is -2.33. The predicted octanol–water partition coefficient (Wildman–Crippen LogP) is 7.79. The number of rotatable bonds is 7. The third kappa shape index (κ3) is 7.26. The molecule has 2 aromatic carbocycles. The van der Waals surface area contributed by atoms with Gasteiger partial charge in [-0.05, 0) is 74.7 Å². The third-order valence-electron chi connectivity index (χ3n) is 7.72. The number of hydrogen-bond acceptors (Lipinski definition) is 5. The number of Topliss-reactive ketones (excluding diaryl/α,β-unsaturated/α-hetero) is 1. The number of ketones is 1. The lowest BCUT2D eigenvalue weighted by molar-refractivity contribution is 0.0915. The van der Waals surface area contributed by atoms with Gasteiger partial charge in [0.25, 0.3) is 0 Å². The number of hydrogen-bond donors (Lipinski definition) is 3. The number of nitrogens with one attached hydrogen (secondary N) is 3. The average Bonchev–Trinajstić information content (AvgIpc) is 3.40. The van der Waals surface area contributed by atoms with E-state index in [2.05, 4.69) is 41.7 Å². The second-order valence-electron chi connectivity index (χ2n) is 12.0. The molecule has 0 saturated carbocycles. The maximum Gasteiger partial charge on any atom is 0.324 e. The van der Waals surface area contributed by atoms with Gasteiger partial charge in [-0.15, -0.1) is 0 Å². The van der Waals surface area contributed by atoms with Gasteiger partial charge in [0.15, 0.2) is 5.78 Å². The van der Waals surface area contributed by atoms with E-state index in [1.165, 1.54) is 6.20 Å². The Hall–Kier alpha value is -3.72. The van der Waals surface area contributed by atoms with E-state index in [0.29, 0.717) is 17.1 Å². The molecule has 8 nitrogen and oxygen atoms in total. The topological polar surface area (TPSA) is 101 Å². The quantitative estimate of drug-likeness (QED) is 0.145. The largest absolute Gasteiger partial charge is 0.324 e. The summed E-state index contributed by atoms with van der Waals surface area (Å²) in [5.74, 6) is 0.170.